The van der Waals surface area contributed by atoms with Gasteiger partial charge in [0.25, 0.3) is 5.56 Å². The Bertz CT molecular complexity index is 1160. The molecular weight excluding hydrogens is 514 g/mol. The summed E-state index contributed by atoms with van der Waals surface area (Å²) in [5.41, 5.74) is 1.23. The van der Waals surface area contributed by atoms with Gasteiger partial charge in [-0.1, -0.05) is 29.8 Å². The summed E-state index contributed by atoms with van der Waals surface area (Å²) < 4.78 is 14.0. The van der Waals surface area contributed by atoms with Crippen LogP contribution < -0.4 is 15.0 Å². The number of halogens is 2. The van der Waals surface area contributed by atoms with E-state index in [1.54, 1.807) is 19.4 Å². The highest BCUT2D eigenvalue weighted by Gasteiger charge is 2.16. The van der Waals surface area contributed by atoms with Crippen LogP contribution in [-0.4, -0.2) is 29.6 Å². The lowest BCUT2D eigenvalue weighted by Crippen LogP contribution is -2.23. The van der Waals surface area contributed by atoms with E-state index in [-0.39, 0.29) is 11.5 Å². The van der Waals surface area contributed by atoms with E-state index in [0.29, 0.717) is 34.8 Å². The van der Waals surface area contributed by atoms with E-state index >= 15 is 0 Å². The maximum absolute atomic E-state index is 13.2. The molecule has 1 aromatic heterocycles. The minimum absolute atomic E-state index is 0.0736. The number of nitrogens with zero attached hydrogens (tertiary/aromatic N) is 3. The highest BCUT2D eigenvalue weighted by Crippen LogP contribution is 2.36. The Morgan fingerprint density at radius 2 is 2.00 bits per heavy atom. The first-order valence-electron chi connectivity index (χ1n) is 9.66. The zero-order chi connectivity index (χ0) is 21.8. The summed E-state index contributed by atoms with van der Waals surface area (Å²) in [5.74, 6) is 1.92. The molecule has 158 valence electrons. The number of ether oxygens (including phenoxy) is 2. The third-order valence-electron chi connectivity index (χ3n) is 4.74. The van der Waals surface area contributed by atoms with Crippen molar-refractivity contribution in [1.29, 1.82) is 0 Å². The second-order valence-corrected chi connectivity index (χ2v) is 8.54. The molecule has 0 saturated carbocycles. The molecule has 0 aliphatic carbocycles. The molecule has 0 spiro atoms. The number of methoxy groups -OCH3 is 1. The van der Waals surface area contributed by atoms with E-state index in [9.17, 15) is 4.79 Å². The third kappa shape index (κ3) is 4.59. The van der Waals surface area contributed by atoms with Crippen LogP contribution in [0.15, 0.2) is 49.2 Å². The topological polar surface area (TPSA) is 65.7 Å². The van der Waals surface area contributed by atoms with E-state index in [4.69, 9.17) is 14.5 Å². The fourth-order valence-electron chi connectivity index (χ4n) is 3.03. The average molecular weight is 537 g/mol. The van der Waals surface area contributed by atoms with Crippen molar-refractivity contribution in [2.75, 3.05) is 13.7 Å². The third-order valence-corrected chi connectivity index (χ3v) is 5.83. The van der Waals surface area contributed by atoms with Crippen LogP contribution in [0.5, 0.6) is 11.5 Å². The molecule has 6 nitrogen and oxygen atoms in total. The van der Waals surface area contributed by atoms with Crippen LogP contribution in [0.1, 0.15) is 44.5 Å². The lowest BCUT2D eigenvalue weighted by Gasteiger charge is -2.14. The van der Waals surface area contributed by atoms with Crippen molar-refractivity contribution in [1.82, 2.24) is 9.66 Å². The van der Waals surface area contributed by atoms with Crippen molar-refractivity contribution in [3.8, 4) is 11.5 Å². The Morgan fingerprint density at radius 1 is 1.23 bits per heavy atom. The van der Waals surface area contributed by atoms with Crippen molar-refractivity contribution in [3.63, 3.8) is 0 Å². The van der Waals surface area contributed by atoms with Crippen LogP contribution >= 0.6 is 31.9 Å². The van der Waals surface area contributed by atoms with Crippen LogP contribution in [0.4, 0.5) is 0 Å². The van der Waals surface area contributed by atoms with Gasteiger partial charge >= 0.3 is 0 Å². The molecule has 0 fully saturated rings. The lowest BCUT2D eigenvalue weighted by atomic mass is 10.1. The van der Waals surface area contributed by atoms with Crippen LogP contribution in [0.25, 0.3) is 10.9 Å². The highest BCUT2D eigenvalue weighted by molar-refractivity contribution is 9.10. The predicted octanol–water partition coefficient (Wildman–Crippen LogP) is 5.72. The van der Waals surface area contributed by atoms with Gasteiger partial charge < -0.3 is 9.47 Å². The van der Waals surface area contributed by atoms with Crippen LogP contribution in [0.3, 0.4) is 0 Å². The smallest absolute Gasteiger partial charge is 0.282 e. The molecule has 0 bridgehead atoms. The first-order chi connectivity index (χ1) is 14.4. The summed E-state index contributed by atoms with van der Waals surface area (Å²) >= 11 is 6.93. The summed E-state index contributed by atoms with van der Waals surface area (Å²) in [7, 11) is 1.59. The van der Waals surface area contributed by atoms with E-state index in [0.717, 1.165) is 20.9 Å². The van der Waals surface area contributed by atoms with Gasteiger partial charge in [-0.3, -0.25) is 4.79 Å². The summed E-state index contributed by atoms with van der Waals surface area (Å²) in [6.07, 6.45) is 2.47. The molecule has 1 heterocycles. The quantitative estimate of drug-likeness (QED) is 0.362. The highest BCUT2D eigenvalue weighted by atomic mass is 79.9. The molecule has 0 aliphatic heterocycles. The zero-order valence-electron chi connectivity index (χ0n) is 17.3. The molecule has 0 radical (unpaired) electrons. The van der Waals surface area contributed by atoms with Gasteiger partial charge in [-0.15, -0.1) is 0 Å². The van der Waals surface area contributed by atoms with Crippen molar-refractivity contribution < 1.29 is 9.47 Å². The molecule has 2 aromatic carbocycles. The standard InChI is InChI=1S/C22H23Br2N3O3/c1-5-13(3)21-26-18-8-7-15(23)11-16(18)22(28)27(21)25-12-14-9-17(24)20(29-4)19(10-14)30-6-2/h7-13H,5-6H2,1-4H3/t13-/m1/s1. The summed E-state index contributed by atoms with van der Waals surface area (Å²) in [6, 6.07) is 9.19. The fourth-order valence-corrected chi connectivity index (χ4v) is 4.01. The first-order valence-corrected chi connectivity index (χ1v) is 11.2. The van der Waals surface area contributed by atoms with Crippen molar-refractivity contribution in [3.05, 3.63) is 61.0 Å². The molecule has 0 amide bonds. The summed E-state index contributed by atoms with van der Waals surface area (Å²) in [6.45, 7) is 6.51. The Hall–Kier alpha value is -2.19. The van der Waals surface area contributed by atoms with Gasteiger partial charge in [-0.05, 0) is 65.2 Å². The van der Waals surface area contributed by atoms with E-state index < -0.39 is 0 Å². The van der Waals surface area contributed by atoms with E-state index in [2.05, 4.69) is 43.9 Å². The summed E-state index contributed by atoms with van der Waals surface area (Å²) in [5, 5.41) is 5.02. The predicted molar refractivity (Wildman–Crippen MR) is 127 cm³/mol. The molecule has 0 saturated heterocycles. The van der Waals surface area contributed by atoms with Gasteiger partial charge in [0.1, 0.15) is 5.82 Å². The van der Waals surface area contributed by atoms with Gasteiger partial charge in [-0.2, -0.15) is 9.78 Å². The molecule has 0 N–H and O–H groups in total. The number of benzene rings is 2. The number of hydrogen-bond donors (Lipinski definition) is 0. The monoisotopic (exact) mass is 535 g/mol. The molecule has 0 unspecified atom stereocenters. The van der Waals surface area contributed by atoms with Gasteiger partial charge in [-0.25, -0.2) is 4.98 Å². The first kappa shape index (κ1) is 22.5. The fraction of sp³-hybridized carbons (Fsp3) is 0.318. The number of hydrogen-bond acceptors (Lipinski definition) is 5. The average Bonchev–Trinajstić information content (AvgIpc) is 2.73. The second kappa shape index (κ2) is 9.75. The number of rotatable bonds is 7. The van der Waals surface area contributed by atoms with E-state index in [1.165, 1.54) is 4.68 Å². The molecule has 1 atom stereocenters. The van der Waals surface area contributed by atoms with Crippen molar-refractivity contribution in [2.45, 2.75) is 33.1 Å². The zero-order valence-corrected chi connectivity index (χ0v) is 20.4. The van der Waals surface area contributed by atoms with Gasteiger partial charge in [0, 0.05) is 10.4 Å². The molecule has 3 rings (SSSR count). The largest absolute Gasteiger partial charge is 0.492 e. The maximum Gasteiger partial charge on any atom is 0.282 e. The van der Waals surface area contributed by atoms with Gasteiger partial charge in [0.15, 0.2) is 11.5 Å². The Kier molecular flexibility index (Phi) is 7.31. The minimum atomic E-state index is -0.203. The van der Waals surface area contributed by atoms with Crippen molar-refractivity contribution >= 4 is 49.0 Å². The molecule has 3 aromatic rings. The molecule has 8 heteroatoms. The Morgan fingerprint density at radius 3 is 2.67 bits per heavy atom. The molecule has 0 aliphatic rings. The normalized spacial score (nSPS) is 12.5. The van der Waals surface area contributed by atoms with Gasteiger partial charge in [0.05, 0.1) is 35.3 Å². The maximum atomic E-state index is 13.2. The van der Waals surface area contributed by atoms with Crippen LogP contribution in [0, 0.1) is 0 Å². The summed E-state index contributed by atoms with van der Waals surface area (Å²) in [4.78, 5) is 17.9. The number of aromatic nitrogens is 2. The SMILES string of the molecule is CCOc1cc(C=Nn2c([C@H](C)CC)nc3ccc(Br)cc3c2=O)cc(Br)c1OC. The van der Waals surface area contributed by atoms with Crippen LogP contribution in [-0.2, 0) is 0 Å². The minimum Gasteiger partial charge on any atom is -0.492 e. The van der Waals surface area contributed by atoms with Gasteiger partial charge in [0.2, 0.25) is 0 Å². The number of fused-ring (bicyclic) bond motifs is 1. The second-order valence-electron chi connectivity index (χ2n) is 6.77. The Labute approximate surface area is 192 Å². The molecular formula is C22H23Br2N3O3. The Balaban J connectivity index is 2.16. The molecule has 30 heavy (non-hydrogen) atoms. The van der Waals surface area contributed by atoms with Crippen LogP contribution in [0.2, 0.25) is 0 Å². The lowest BCUT2D eigenvalue weighted by molar-refractivity contribution is 0.310. The van der Waals surface area contributed by atoms with E-state index in [1.807, 2.05) is 38.1 Å². The van der Waals surface area contributed by atoms with Crippen molar-refractivity contribution in [2.24, 2.45) is 5.10 Å².